The number of hydrogen-bond donors (Lipinski definition) is 0. The summed E-state index contributed by atoms with van der Waals surface area (Å²) >= 11 is 0. The van der Waals surface area contributed by atoms with E-state index in [0.29, 0.717) is 17.4 Å². The fraction of sp³-hybridized carbons (Fsp3) is 0. The van der Waals surface area contributed by atoms with Gasteiger partial charge in [0.1, 0.15) is 22.9 Å². The van der Waals surface area contributed by atoms with Crippen LogP contribution in [0.3, 0.4) is 0 Å². The summed E-state index contributed by atoms with van der Waals surface area (Å²) in [6, 6.07) is 29.9. The van der Waals surface area contributed by atoms with E-state index in [9.17, 15) is 0 Å². The molecular formula is C28H17N3O2. The van der Waals surface area contributed by atoms with Crippen LogP contribution in [0.15, 0.2) is 103 Å². The molecule has 0 aliphatic heterocycles. The van der Waals surface area contributed by atoms with Gasteiger partial charge in [0.05, 0.1) is 11.0 Å². The first-order valence-corrected chi connectivity index (χ1v) is 10.7. The van der Waals surface area contributed by atoms with Crippen LogP contribution in [0.5, 0.6) is 23.1 Å². The van der Waals surface area contributed by atoms with Gasteiger partial charge in [0.15, 0.2) is 0 Å². The second-order valence-electron chi connectivity index (χ2n) is 7.94. The van der Waals surface area contributed by atoms with E-state index >= 15 is 0 Å². The van der Waals surface area contributed by atoms with Gasteiger partial charge >= 0.3 is 0 Å². The molecule has 5 nitrogen and oxygen atoms in total. The molecule has 7 aromatic rings. The number of rotatable bonds is 4. The van der Waals surface area contributed by atoms with Crippen LogP contribution in [-0.4, -0.2) is 14.4 Å². The molecule has 0 atom stereocenters. The van der Waals surface area contributed by atoms with Crippen molar-refractivity contribution in [3.8, 4) is 23.1 Å². The molecule has 7 rings (SSSR count). The standard InChI is InChI=1S/C28H17N3O2/c1-2-14-29-26(11-1)33-19-7-3-6-18(16-19)32-20-12-13-21-22-8-4-9-23-24-10-5-15-30-28(24)31(27(22)23)25(21)17-20/h1-17H. The number of hydrogen-bond acceptors (Lipinski definition) is 4. The smallest absolute Gasteiger partial charge is 0.219 e. The van der Waals surface area contributed by atoms with Crippen molar-refractivity contribution in [3.05, 3.63) is 103 Å². The van der Waals surface area contributed by atoms with E-state index in [-0.39, 0.29) is 0 Å². The highest BCUT2D eigenvalue weighted by atomic mass is 16.5. The molecule has 0 bridgehead atoms. The summed E-state index contributed by atoms with van der Waals surface area (Å²) in [5, 5.41) is 4.78. The third-order valence-electron chi connectivity index (χ3n) is 5.95. The van der Waals surface area contributed by atoms with Crippen molar-refractivity contribution in [1.29, 1.82) is 0 Å². The third kappa shape index (κ3) is 2.79. The van der Waals surface area contributed by atoms with Crippen molar-refractivity contribution in [1.82, 2.24) is 14.4 Å². The third-order valence-corrected chi connectivity index (χ3v) is 5.95. The normalized spacial score (nSPS) is 11.6. The minimum atomic E-state index is 0.543. The Kier molecular flexibility index (Phi) is 3.78. The van der Waals surface area contributed by atoms with Gasteiger partial charge in [-0.25, -0.2) is 9.97 Å². The van der Waals surface area contributed by atoms with Crippen LogP contribution in [0.25, 0.3) is 38.2 Å². The molecule has 0 fully saturated rings. The van der Waals surface area contributed by atoms with Crippen molar-refractivity contribution >= 4 is 38.2 Å². The van der Waals surface area contributed by atoms with Gasteiger partial charge in [0.2, 0.25) is 5.88 Å². The molecule has 5 heteroatoms. The molecule has 0 radical (unpaired) electrons. The van der Waals surface area contributed by atoms with E-state index in [0.717, 1.165) is 22.3 Å². The predicted octanol–water partition coefficient (Wildman–Crippen LogP) is 7.21. The maximum absolute atomic E-state index is 6.23. The number of fused-ring (bicyclic) bond motifs is 6. The lowest BCUT2D eigenvalue weighted by Gasteiger charge is -2.09. The topological polar surface area (TPSA) is 48.7 Å². The van der Waals surface area contributed by atoms with Crippen LogP contribution < -0.4 is 9.47 Å². The molecule has 0 aliphatic rings. The van der Waals surface area contributed by atoms with E-state index < -0.39 is 0 Å². The number of benzene rings is 3. The zero-order valence-corrected chi connectivity index (χ0v) is 17.5. The van der Waals surface area contributed by atoms with Crippen LogP contribution >= 0.6 is 0 Å². The minimum absolute atomic E-state index is 0.543. The summed E-state index contributed by atoms with van der Waals surface area (Å²) in [7, 11) is 0. The molecule has 0 aliphatic carbocycles. The van der Waals surface area contributed by atoms with Crippen molar-refractivity contribution in [3.63, 3.8) is 0 Å². The maximum atomic E-state index is 6.23. The lowest BCUT2D eigenvalue weighted by atomic mass is 10.1. The summed E-state index contributed by atoms with van der Waals surface area (Å²) in [6.07, 6.45) is 3.55. The summed E-state index contributed by atoms with van der Waals surface area (Å²) in [6.45, 7) is 0. The van der Waals surface area contributed by atoms with Gasteiger partial charge in [0, 0.05) is 52.1 Å². The fourth-order valence-corrected chi connectivity index (χ4v) is 4.60. The lowest BCUT2D eigenvalue weighted by molar-refractivity contribution is 0.449. The van der Waals surface area contributed by atoms with Crippen molar-refractivity contribution < 1.29 is 9.47 Å². The molecule has 0 amide bonds. The Labute approximate surface area is 188 Å². The average Bonchev–Trinajstić information content (AvgIpc) is 3.37. The van der Waals surface area contributed by atoms with Gasteiger partial charge in [-0.05, 0) is 42.5 Å². The van der Waals surface area contributed by atoms with Crippen molar-refractivity contribution in [2.24, 2.45) is 0 Å². The van der Waals surface area contributed by atoms with Crippen LogP contribution in [0, 0.1) is 0 Å². The highest BCUT2D eigenvalue weighted by Gasteiger charge is 2.18. The molecule has 0 saturated heterocycles. The lowest BCUT2D eigenvalue weighted by Crippen LogP contribution is -1.89. The first-order chi connectivity index (χ1) is 16.3. The van der Waals surface area contributed by atoms with E-state index in [2.05, 4.69) is 50.8 Å². The molecular weight excluding hydrogens is 410 g/mol. The van der Waals surface area contributed by atoms with Gasteiger partial charge < -0.3 is 9.47 Å². The van der Waals surface area contributed by atoms with Crippen molar-refractivity contribution in [2.75, 3.05) is 0 Å². The summed E-state index contributed by atoms with van der Waals surface area (Å²) < 4.78 is 14.3. The summed E-state index contributed by atoms with van der Waals surface area (Å²) in [4.78, 5) is 8.90. The number of pyridine rings is 2. The Balaban J connectivity index is 1.33. The zero-order chi connectivity index (χ0) is 21.8. The molecule has 156 valence electrons. The minimum Gasteiger partial charge on any atom is -0.457 e. The molecule has 4 heterocycles. The van der Waals surface area contributed by atoms with Gasteiger partial charge in [-0.15, -0.1) is 0 Å². The molecule has 0 N–H and O–H groups in total. The first kappa shape index (κ1) is 18.0. The Morgan fingerprint density at radius 2 is 1.30 bits per heavy atom. The Morgan fingerprint density at radius 1 is 0.545 bits per heavy atom. The van der Waals surface area contributed by atoms with Gasteiger partial charge in [-0.3, -0.25) is 4.40 Å². The zero-order valence-electron chi connectivity index (χ0n) is 17.5. The second-order valence-corrected chi connectivity index (χ2v) is 7.94. The molecule has 0 saturated carbocycles. The van der Waals surface area contributed by atoms with Gasteiger partial charge in [-0.2, -0.15) is 0 Å². The van der Waals surface area contributed by atoms with Crippen molar-refractivity contribution in [2.45, 2.75) is 0 Å². The van der Waals surface area contributed by atoms with Crippen LogP contribution in [0.2, 0.25) is 0 Å². The second kappa shape index (κ2) is 6.93. The first-order valence-electron chi connectivity index (χ1n) is 10.7. The summed E-state index contributed by atoms with van der Waals surface area (Å²) in [5.41, 5.74) is 3.24. The SMILES string of the molecule is c1ccc(Oc2cccc(Oc3ccc4c5cccc6c7cccnc7n(c4c3)c56)c2)nc1. The fourth-order valence-electron chi connectivity index (χ4n) is 4.60. The Morgan fingerprint density at radius 3 is 2.18 bits per heavy atom. The van der Waals surface area contributed by atoms with E-state index in [1.807, 2.05) is 60.8 Å². The molecule has 0 unspecified atom stereocenters. The predicted molar refractivity (Wildman–Crippen MR) is 130 cm³/mol. The van der Waals surface area contributed by atoms with Crippen LogP contribution in [0.4, 0.5) is 0 Å². The quantitative estimate of drug-likeness (QED) is 0.298. The molecule has 4 aromatic heterocycles. The highest BCUT2D eigenvalue weighted by Crippen LogP contribution is 2.39. The number of nitrogens with zero attached hydrogens (tertiary/aromatic N) is 3. The average molecular weight is 427 g/mol. The summed E-state index contributed by atoms with van der Waals surface area (Å²) in [5.74, 6) is 2.66. The van der Waals surface area contributed by atoms with E-state index in [4.69, 9.17) is 9.47 Å². The maximum Gasteiger partial charge on any atom is 0.219 e. The number of para-hydroxylation sites is 1. The Bertz CT molecular complexity index is 1770. The molecule has 0 spiro atoms. The number of ether oxygens (including phenoxy) is 2. The molecule has 3 aromatic carbocycles. The van der Waals surface area contributed by atoms with Gasteiger partial charge in [0.25, 0.3) is 0 Å². The van der Waals surface area contributed by atoms with E-state index in [1.54, 1.807) is 6.20 Å². The van der Waals surface area contributed by atoms with Crippen LogP contribution in [0.1, 0.15) is 0 Å². The molecule has 33 heavy (non-hydrogen) atoms. The highest BCUT2D eigenvalue weighted by molar-refractivity contribution is 6.22. The van der Waals surface area contributed by atoms with Crippen LogP contribution in [-0.2, 0) is 0 Å². The Hall–Kier alpha value is -4.64. The van der Waals surface area contributed by atoms with E-state index in [1.165, 1.54) is 21.7 Å². The van der Waals surface area contributed by atoms with Gasteiger partial charge in [-0.1, -0.05) is 30.3 Å². The largest absolute Gasteiger partial charge is 0.457 e. The monoisotopic (exact) mass is 427 g/mol. The number of aromatic nitrogens is 3.